The van der Waals surface area contributed by atoms with Crippen molar-refractivity contribution in [2.45, 2.75) is 18.6 Å². The Hall–Kier alpha value is -1.67. The van der Waals surface area contributed by atoms with Crippen molar-refractivity contribution in [3.63, 3.8) is 0 Å². The Morgan fingerprint density at radius 2 is 2.16 bits per heavy atom. The molecule has 4 nitrogen and oxygen atoms in total. The fourth-order valence-electron chi connectivity index (χ4n) is 1.26. The predicted molar refractivity (Wildman–Crippen MR) is 77.3 cm³/mol. The number of nitrogens with one attached hydrogen (secondary N) is 1. The second-order valence-electron chi connectivity index (χ2n) is 4.64. The maximum atomic E-state index is 11.7. The molecule has 102 valence electrons. The number of hydrogen-bond acceptors (Lipinski definition) is 4. The zero-order valence-electron chi connectivity index (χ0n) is 11.4. The number of thioether (sulfide) groups is 1. The van der Waals surface area contributed by atoms with Crippen molar-refractivity contribution >= 4 is 17.7 Å². The van der Waals surface area contributed by atoms with Crippen LogP contribution in [0.1, 0.15) is 19.4 Å². The van der Waals surface area contributed by atoms with E-state index in [0.717, 1.165) is 0 Å². The van der Waals surface area contributed by atoms with Gasteiger partial charge in [0.1, 0.15) is 11.8 Å². The van der Waals surface area contributed by atoms with Crippen molar-refractivity contribution in [2.75, 3.05) is 19.4 Å². The van der Waals surface area contributed by atoms with E-state index in [2.05, 4.69) is 19.2 Å². The highest BCUT2D eigenvalue weighted by Crippen LogP contribution is 2.19. The van der Waals surface area contributed by atoms with Crippen LogP contribution in [0.25, 0.3) is 0 Å². The summed E-state index contributed by atoms with van der Waals surface area (Å²) < 4.78 is 5.35. The van der Waals surface area contributed by atoms with E-state index in [1.165, 1.54) is 0 Å². The molecule has 0 unspecified atom stereocenters. The number of rotatable bonds is 6. The van der Waals surface area contributed by atoms with Crippen molar-refractivity contribution in [1.82, 2.24) is 5.32 Å². The van der Waals surface area contributed by atoms with Gasteiger partial charge in [0.15, 0.2) is 6.61 Å². The van der Waals surface area contributed by atoms with E-state index in [0.29, 0.717) is 17.9 Å². The molecule has 0 aliphatic rings. The van der Waals surface area contributed by atoms with Crippen LogP contribution in [-0.4, -0.2) is 30.1 Å². The molecule has 0 aliphatic carbocycles. The first kappa shape index (κ1) is 15.4. The van der Waals surface area contributed by atoms with Gasteiger partial charge in [0.05, 0.1) is 5.56 Å². The SMILES string of the molecule is CSC(C)(C)CNC(=O)COc1ccccc1C#N. The minimum Gasteiger partial charge on any atom is -0.482 e. The number of hydrogen-bond donors (Lipinski definition) is 1. The Morgan fingerprint density at radius 3 is 2.79 bits per heavy atom. The molecule has 0 radical (unpaired) electrons. The van der Waals surface area contributed by atoms with Gasteiger partial charge in [-0.2, -0.15) is 17.0 Å². The van der Waals surface area contributed by atoms with Crippen molar-refractivity contribution in [1.29, 1.82) is 5.26 Å². The smallest absolute Gasteiger partial charge is 0.257 e. The van der Waals surface area contributed by atoms with E-state index in [1.807, 2.05) is 12.3 Å². The first-order chi connectivity index (χ1) is 8.98. The van der Waals surface area contributed by atoms with Gasteiger partial charge in [-0.15, -0.1) is 0 Å². The second kappa shape index (κ2) is 7.05. The van der Waals surface area contributed by atoms with Gasteiger partial charge in [-0.1, -0.05) is 12.1 Å². The molecule has 5 heteroatoms. The molecule has 1 aromatic carbocycles. The van der Waals surface area contributed by atoms with E-state index < -0.39 is 0 Å². The summed E-state index contributed by atoms with van der Waals surface area (Å²) in [6, 6.07) is 8.88. The lowest BCUT2D eigenvalue weighted by Gasteiger charge is -2.22. The molecule has 1 rings (SSSR count). The second-order valence-corrected chi connectivity index (χ2v) is 6.15. The van der Waals surface area contributed by atoms with Crippen molar-refractivity contribution in [3.05, 3.63) is 29.8 Å². The summed E-state index contributed by atoms with van der Waals surface area (Å²) in [4.78, 5) is 11.7. The summed E-state index contributed by atoms with van der Waals surface area (Å²) in [5.41, 5.74) is 0.430. The summed E-state index contributed by atoms with van der Waals surface area (Å²) in [6.45, 7) is 4.62. The highest BCUT2D eigenvalue weighted by Gasteiger charge is 2.17. The van der Waals surface area contributed by atoms with Crippen LogP contribution in [0.15, 0.2) is 24.3 Å². The molecule has 0 heterocycles. The number of nitrogens with zero attached hydrogens (tertiary/aromatic N) is 1. The van der Waals surface area contributed by atoms with Crippen LogP contribution in [0.5, 0.6) is 5.75 Å². The molecule has 1 N–H and O–H groups in total. The molecule has 0 fully saturated rings. The van der Waals surface area contributed by atoms with Crippen LogP contribution in [0.2, 0.25) is 0 Å². The maximum Gasteiger partial charge on any atom is 0.257 e. The lowest BCUT2D eigenvalue weighted by atomic mass is 10.2. The Kier molecular flexibility index (Phi) is 5.71. The third kappa shape index (κ3) is 5.23. The number of benzene rings is 1. The van der Waals surface area contributed by atoms with E-state index in [-0.39, 0.29) is 17.3 Å². The van der Waals surface area contributed by atoms with Crippen LogP contribution in [0.4, 0.5) is 0 Å². The van der Waals surface area contributed by atoms with Gasteiger partial charge in [0, 0.05) is 11.3 Å². The van der Waals surface area contributed by atoms with Gasteiger partial charge in [0.25, 0.3) is 5.91 Å². The Balaban J connectivity index is 2.45. The third-order valence-electron chi connectivity index (χ3n) is 2.63. The number of amides is 1. The third-order valence-corrected chi connectivity index (χ3v) is 3.88. The summed E-state index contributed by atoms with van der Waals surface area (Å²) in [5, 5.41) is 11.7. The zero-order valence-corrected chi connectivity index (χ0v) is 12.2. The molecular formula is C14H18N2O2S. The Morgan fingerprint density at radius 1 is 1.47 bits per heavy atom. The first-order valence-electron chi connectivity index (χ1n) is 5.92. The lowest BCUT2D eigenvalue weighted by Crippen LogP contribution is -2.38. The molecule has 0 aliphatic heterocycles. The highest BCUT2D eigenvalue weighted by molar-refractivity contribution is 7.99. The van der Waals surface area contributed by atoms with Crippen molar-refractivity contribution in [3.8, 4) is 11.8 Å². The van der Waals surface area contributed by atoms with E-state index in [9.17, 15) is 4.79 Å². The summed E-state index contributed by atoms with van der Waals surface area (Å²) in [5.74, 6) is 0.249. The molecule has 1 aromatic rings. The van der Waals surface area contributed by atoms with Crippen molar-refractivity contribution in [2.24, 2.45) is 0 Å². The maximum absolute atomic E-state index is 11.7. The van der Waals surface area contributed by atoms with Crippen LogP contribution in [0, 0.1) is 11.3 Å². The van der Waals surface area contributed by atoms with E-state index in [1.54, 1.807) is 36.0 Å². The van der Waals surface area contributed by atoms with Gasteiger partial charge >= 0.3 is 0 Å². The quantitative estimate of drug-likeness (QED) is 0.866. The Labute approximate surface area is 118 Å². The molecule has 0 saturated heterocycles. The number of carbonyl (C=O) groups excluding carboxylic acids is 1. The zero-order chi connectivity index (χ0) is 14.3. The van der Waals surface area contributed by atoms with Crippen LogP contribution in [-0.2, 0) is 4.79 Å². The highest BCUT2D eigenvalue weighted by atomic mass is 32.2. The van der Waals surface area contributed by atoms with Crippen LogP contribution >= 0.6 is 11.8 Å². The average Bonchev–Trinajstić information content (AvgIpc) is 2.43. The molecule has 0 atom stereocenters. The fourth-order valence-corrected chi connectivity index (χ4v) is 1.48. The fraction of sp³-hybridized carbons (Fsp3) is 0.429. The number of para-hydroxylation sites is 1. The lowest BCUT2D eigenvalue weighted by molar-refractivity contribution is -0.123. The molecule has 0 spiro atoms. The first-order valence-corrected chi connectivity index (χ1v) is 7.15. The molecular weight excluding hydrogens is 260 g/mol. The van der Waals surface area contributed by atoms with E-state index >= 15 is 0 Å². The van der Waals surface area contributed by atoms with Gasteiger partial charge in [0.2, 0.25) is 0 Å². The largest absolute Gasteiger partial charge is 0.482 e. The van der Waals surface area contributed by atoms with Gasteiger partial charge in [-0.3, -0.25) is 4.79 Å². The molecule has 1 amide bonds. The standard InChI is InChI=1S/C14H18N2O2S/c1-14(2,19-3)10-16-13(17)9-18-12-7-5-4-6-11(12)8-15/h4-7H,9-10H2,1-3H3,(H,16,17). The van der Waals surface area contributed by atoms with Gasteiger partial charge in [-0.25, -0.2) is 0 Å². The molecule has 0 bridgehead atoms. The molecule has 19 heavy (non-hydrogen) atoms. The summed E-state index contributed by atoms with van der Waals surface area (Å²) in [6.07, 6.45) is 2.01. The summed E-state index contributed by atoms with van der Waals surface area (Å²) in [7, 11) is 0. The van der Waals surface area contributed by atoms with Gasteiger partial charge < -0.3 is 10.1 Å². The number of carbonyl (C=O) groups is 1. The van der Waals surface area contributed by atoms with Crippen molar-refractivity contribution < 1.29 is 9.53 Å². The monoisotopic (exact) mass is 278 g/mol. The van der Waals surface area contributed by atoms with E-state index in [4.69, 9.17) is 10.00 Å². The normalized spacial score (nSPS) is 10.6. The average molecular weight is 278 g/mol. The topological polar surface area (TPSA) is 62.1 Å². The number of ether oxygens (including phenoxy) is 1. The molecule has 0 aromatic heterocycles. The minimum absolute atomic E-state index is 0.000220. The van der Waals surface area contributed by atoms with Crippen LogP contribution < -0.4 is 10.1 Å². The Bertz CT molecular complexity index is 481. The minimum atomic E-state index is -0.185. The van der Waals surface area contributed by atoms with Crippen LogP contribution in [0.3, 0.4) is 0 Å². The summed E-state index contributed by atoms with van der Waals surface area (Å²) >= 11 is 1.69. The predicted octanol–water partition coefficient (Wildman–Crippen LogP) is 2.19. The molecule has 0 saturated carbocycles. The number of nitriles is 1. The van der Waals surface area contributed by atoms with Gasteiger partial charge in [-0.05, 0) is 32.2 Å².